The van der Waals surface area contributed by atoms with Crippen LogP contribution in [0.2, 0.25) is 0 Å². The maximum absolute atomic E-state index is 12.6. The number of hydrogen-bond donors (Lipinski definition) is 1. The van der Waals surface area contributed by atoms with Crippen molar-refractivity contribution in [3.63, 3.8) is 0 Å². The molecule has 7 heteroatoms. The number of anilines is 2. The van der Waals surface area contributed by atoms with Crippen LogP contribution in [0.5, 0.6) is 0 Å². The average Bonchev–Trinajstić information content (AvgIpc) is 2.76. The SMILES string of the molecule is CCN(CC)c1ccc(CNC(=O)CN(c2cccc3ccccc23)S(C)(=O)=O)cc1. The van der Waals surface area contributed by atoms with E-state index in [4.69, 9.17) is 0 Å². The van der Waals surface area contributed by atoms with Gasteiger partial charge in [-0.3, -0.25) is 9.10 Å². The molecule has 0 aliphatic rings. The van der Waals surface area contributed by atoms with E-state index in [1.807, 2.05) is 54.6 Å². The van der Waals surface area contributed by atoms with Crippen LogP contribution in [0.15, 0.2) is 66.7 Å². The molecular formula is C24H29N3O3S. The third kappa shape index (κ3) is 5.55. The summed E-state index contributed by atoms with van der Waals surface area (Å²) in [5.74, 6) is -0.355. The van der Waals surface area contributed by atoms with Gasteiger partial charge in [0.1, 0.15) is 6.54 Å². The summed E-state index contributed by atoms with van der Waals surface area (Å²) in [7, 11) is -3.64. The van der Waals surface area contributed by atoms with E-state index < -0.39 is 10.0 Å². The lowest BCUT2D eigenvalue weighted by atomic mass is 10.1. The lowest BCUT2D eigenvalue weighted by Gasteiger charge is -2.23. The van der Waals surface area contributed by atoms with Gasteiger partial charge in [0.2, 0.25) is 15.9 Å². The van der Waals surface area contributed by atoms with Gasteiger partial charge in [-0.25, -0.2) is 8.42 Å². The van der Waals surface area contributed by atoms with Crippen molar-refractivity contribution in [2.75, 3.05) is 35.1 Å². The summed E-state index contributed by atoms with van der Waals surface area (Å²) in [6.07, 6.45) is 1.12. The Morgan fingerprint density at radius 1 is 0.903 bits per heavy atom. The van der Waals surface area contributed by atoms with Crippen LogP contribution in [0.3, 0.4) is 0 Å². The number of sulfonamides is 1. The summed E-state index contributed by atoms with van der Waals surface area (Å²) in [5, 5.41) is 4.54. The molecule has 1 amide bonds. The average molecular weight is 440 g/mol. The summed E-state index contributed by atoms with van der Waals surface area (Å²) in [4.78, 5) is 14.9. The summed E-state index contributed by atoms with van der Waals surface area (Å²) in [6.45, 7) is 6.15. The van der Waals surface area contributed by atoms with Crippen LogP contribution in [0.4, 0.5) is 11.4 Å². The molecule has 0 aliphatic heterocycles. The molecule has 31 heavy (non-hydrogen) atoms. The van der Waals surface area contributed by atoms with Gasteiger partial charge in [-0.15, -0.1) is 0 Å². The van der Waals surface area contributed by atoms with Crippen LogP contribution < -0.4 is 14.5 Å². The molecule has 0 spiro atoms. The minimum Gasteiger partial charge on any atom is -0.372 e. The number of fused-ring (bicyclic) bond motifs is 1. The fraction of sp³-hybridized carbons (Fsp3) is 0.292. The van der Waals surface area contributed by atoms with Crippen LogP contribution in [0, 0.1) is 0 Å². The molecule has 0 atom stereocenters. The van der Waals surface area contributed by atoms with Gasteiger partial charge in [-0.1, -0.05) is 48.5 Å². The highest BCUT2D eigenvalue weighted by molar-refractivity contribution is 7.92. The van der Waals surface area contributed by atoms with E-state index in [1.54, 1.807) is 12.1 Å². The van der Waals surface area contributed by atoms with Crippen LogP contribution in [-0.2, 0) is 21.4 Å². The van der Waals surface area contributed by atoms with Crippen molar-refractivity contribution in [3.05, 3.63) is 72.3 Å². The topological polar surface area (TPSA) is 69.7 Å². The molecule has 164 valence electrons. The molecule has 3 rings (SSSR count). The first kappa shape index (κ1) is 22.6. The first-order valence-corrected chi connectivity index (χ1v) is 12.2. The Balaban J connectivity index is 1.72. The normalized spacial score (nSPS) is 11.3. The first-order valence-electron chi connectivity index (χ1n) is 10.4. The summed E-state index contributed by atoms with van der Waals surface area (Å²) in [5.41, 5.74) is 2.60. The highest BCUT2D eigenvalue weighted by Crippen LogP contribution is 2.28. The maximum Gasteiger partial charge on any atom is 0.241 e. The zero-order chi connectivity index (χ0) is 22.4. The molecule has 0 unspecified atom stereocenters. The first-order chi connectivity index (χ1) is 14.8. The van der Waals surface area contributed by atoms with Gasteiger partial charge < -0.3 is 10.2 Å². The lowest BCUT2D eigenvalue weighted by Crippen LogP contribution is -2.40. The Morgan fingerprint density at radius 3 is 2.19 bits per heavy atom. The van der Waals surface area contributed by atoms with Gasteiger partial charge in [0.25, 0.3) is 0 Å². The van der Waals surface area contributed by atoms with Gasteiger partial charge in [0, 0.05) is 30.7 Å². The molecule has 0 aliphatic carbocycles. The van der Waals surface area contributed by atoms with E-state index in [0.29, 0.717) is 12.2 Å². The Kier molecular flexibility index (Phi) is 7.17. The third-order valence-corrected chi connectivity index (χ3v) is 6.40. The van der Waals surface area contributed by atoms with E-state index >= 15 is 0 Å². The summed E-state index contributed by atoms with van der Waals surface area (Å²) in [6, 6.07) is 21.0. The Morgan fingerprint density at radius 2 is 1.55 bits per heavy atom. The van der Waals surface area contributed by atoms with Gasteiger partial charge >= 0.3 is 0 Å². The fourth-order valence-corrected chi connectivity index (χ4v) is 4.48. The van der Waals surface area contributed by atoms with E-state index in [-0.39, 0.29) is 12.5 Å². The maximum atomic E-state index is 12.6. The van der Waals surface area contributed by atoms with E-state index in [0.717, 1.165) is 45.7 Å². The lowest BCUT2D eigenvalue weighted by molar-refractivity contribution is -0.119. The van der Waals surface area contributed by atoms with Gasteiger partial charge in [-0.05, 0) is 43.0 Å². The van der Waals surface area contributed by atoms with Crippen LogP contribution in [0.1, 0.15) is 19.4 Å². The Labute approximate surface area is 184 Å². The molecule has 3 aromatic rings. The van der Waals surface area contributed by atoms with Crippen molar-refractivity contribution < 1.29 is 13.2 Å². The molecule has 0 heterocycles. The number of amides is 1. The van der Waals surface area contributed by atoms with Gasteiger partial charge in [0.05, 0.1) is 11.9 Å². The summed E-state index contributed by atoms with van der Waals surface area (Å²) >= 11 is 0. The summed E-state index contributed by atoms with van der Waals surface area (Å²) < 4.78 is 26.1. The van der Waals surface area contributed by atoms with Crippen LogP contribution >= 0.6 is 0 Å². The van der Waals surface area contributed by atoms with Gasteiger partial charge in [-0.2, -0.15) is 0 Å². The second-order valence-corrected chi connectivity index (χ2v) is 9.29. The molecule has 0 bridgehead atoms. The zero-order valence-electron chi connectivity index (χ0n) is 18.2. The number of carbonyl (C=O) groups excluding carboxylic acids is 1. The van der Waals surface area contributed by atoms with Crippen molar-refractivity contribution in [2.45, 2.75) is 20.4 Å². The Hall–Kier alpha value is -3.06. The number of nitrogens with one attached hydrogen (secondary N) is 1. The molecule has 6 nitrogen and oxygen atoms in total. The van der Waals surface area contributed by atoms with Crippen molar-refractivity contribution >= 4 is 38.1 Å². The van der Waals surface area contributed by atoms with Crippen molar-refractivity contribution in [3.8, 4) is 0 Å². The molecular weight excluding hydrogens is 410 g/mol. The highest BCUT2D eigenvalue weighted by Gasteiger charge is 2.22. The smallest absolute Gasteiger partial charge is 0.241 e. The number of nitrogens with zero attached hydrogens (tertiary/aromatic N) is 2. The van der Waals surface area contributed by atoms with Crippen molar-refractivity contribution in [1.82, 2.24) is 5.32 Å². The quantitative estimate of drug-likeness (QED) is 0.551. The van der Waals surface area contributed by atoms with Crippen molar-refractivity contribution in [1.29, 1.82) is 0 Å². The van der Waals surface area contributed by atoms with Gasteiger partial charge in [0.15, 0.2) is 0 Å². The fourth-order valence-electron chi connectivity index (χ4n) is 3.61. The van der Waals surface area contributed by atoms with Crippen LogP contribution in [-0.4, -0.2) is 40.2 Å². The number of rotatable bonds is 9. The molecule has 0 fully saturated rings. The van der Waals surface area contributed by atoms with Crippen molar-refractivity contribution in [2.24, 2.45) is 0 Å². The van der Waals surface area contributed by atoms with E-state index in [9.17, 15) is 13.2 Å². The molecule has 0 radical (unpaired) electrons. The molecule has 0 saturated heterocycles. The second kappa shape index (κ2) is 9.83. The Bertz CT molecular complexity index is 1130. The largest absolute Gasteiger partial charge is 0.372 e. The van der Waals surface area contributed by atoms with E-state index in [1.165, 1.54) is 0 Å². The zero-order valence-corrected chi connectivity index (χ0v) is 19.0. The number of carbonyl (C=O) groups is 1. The third-order valence-electron chi connectivity index (χ3n) is 5.28. The molecule has 0 saturated carbocycles. The number of benzene rings is 3. The predicted octanol–water partition coefficient (Wildman–Crippen LogP) is 3.77. The minimum atomic E-state index is -3.64. The number of hydrogen-bond acceptors (Lipinski definition) is 4. The highest BCUT2D eigenvalue weighted by atomic mass is 32.2. The second-order valence-electron chi connectivity index (χ2n) is 7.38. The predicted molar refractivity (Wildman–Crippen MR) is 128 cm³/mol. The molecule has 0 aromatic heterocycles. The van der Waals surface area contributed by atoms with E-state index in [2.05, 4.69) is 24.1 Å². The minimum absolute atomic E-state index is 0.273. The van der Waals surface area contributed by atoms with Crippen LogP contribution in [0.25, 0.3) is 10.8 Å². The monoisotopic (exact) mass is 439 g/mol. The molecule has 3 aromatic carbocycles. The standard InChI is InChI=1S/C24H29N3O3S/c1-4-26(5-2)21-15-13-19(14-16-21)17-25-24(28)18-27(31(3,29)30)23-12-8-10-20-9-6-7-11-22(20)23/h6-16H,4-5,17-18H2,1-3H3,(H,25,28). The molecule has 1 N–H and O–H groups in total.